The monoisotopic (exact) mass is 268 g/mol. The van der Waals surface area contributed by atoms with Crippen molar-refractivity contribution in [2.24, 2.45) is 0 Å². The van der Waals surface area contributed by atoms with E-state index in [1.54, 1.807) is 6.92 Å². The minimum absolute atomic E-state index is 0.0584. The van der Waals surface area contributed by atoms with Gasteiger partial charge in [-0.3, -0.25) is 0 Å². The first-order chi connectivity index (χ1) is 7.95. The summed E-state index contributed by atoms with van der Waals surface area (Å²) in [5.41, 5.74) is 0. The van der Waals surface area contributed by atoms with Gasteiger partial charge in [0.25, 0.3) is 0 Å². The molecule has 0 aliphatic heterocycles. The van der Waals surface area contributed by atoms with Gasteiger partial charge in [0.1, 0.15) is 6.61 Å². The molecule has 0 aromatic rings. The Morgan fingerprint density at radius 3 is 2.53 bits per heavy atom. The molecule has 0 atom stereocenters. The van der Waals surface area contributed by atoms with Crippen LogP contribution >= 0.6 is 0 Å². The Morgan fingerprint density at radius 2 is 1.94 bits per heavy atom. The van der Waals surface area contributed by atoms with E-state index in [4.69, 9.17) is 4.74 Å². The molecule has 17 heavy (non-hydrogen) atoms. The van der Waals surface area contributed by atoms with Gasteiger partial charge in [0.2, 0.25) is 10.0 Å². The van der Waals surface area contributed by atoms with Crippen molar-refractivity contribution in [2.75, 3.05) is 45.7 Å². The predicted octanol–water partition coefficient (Wildman–Crippen LogP) is -1.30. The number of nitrogens with one attached hydrogen (secondary N) is 2. The molecule has 0 fully saturated rings. The fraction of sp³-hybridized carbons (Fsp3) is 0.889. The molecular weight excluding hydrogens is 248 g/mol. The summed E-state index contributed by atoms with van der Waals surface area (Å²) in [4.78, 5) is 10.8. The van der Waals surface area contributed by atoms with Gasteiger partial charge in [-0.1, -0.05) is 0 Å². The van der Waals surface area contributed by atoms with Gasteiger partial charge in [-0.2, -0.15) is 0 Å². The van der Waals surface area contributed by atoms with Crippen LogP contribution in [0.2, 0.25) is 0 Å². The number of rotatable bonds is 10. The van der Waals surface area contributed by atoms with E-state index < -0.39 is 10.0 Å². The van der Waals surface area contributed by atoms with Crippen molar-refractivity contribution in [2.45, 2.75) is 6.92 Å². The maximum absolute atomic E-state index is 10.8. The van der Waals surface area contributed by atoms with Gasteiger partial charge in [0.05, 0.1) is 19.5 Å². The summed E-state index contributed by atoms with van der Waals surface area (Å²) in [5.74, 6) is -0.383. The zero-order chi connectivity index (χ0) is 13.1. The summed E-state index contributed by atoms with van der Waals surface area (Å²) in [5, 5.41) is 2.96. The third-order valence-corrected chi connectivity index (χ3v) is 2.34. The lowest BCUT2D eigenvalue weighted by Crippen LogP contribution is -2.32. The third kappa shape index (κ3) is 13.2. The second-order valence-corrected chi connectivity index (χ2v) is 5.11. The van der Waals surface area contributed by atoms with Gasteiger partial charge < -0.3 is 14.8 Å². The number of carbonyl (C=O) groups excluding carboxylic acids is 1. The Morgan fingerprint density at radius 1 is 1.24 bits per heavy atom. The van der Waals surface area contributed by atoms with Crippen LogP contribution < -0.4 is 10.0 Å². The van der Waals surface area contributed by atoms with Crippen molar-refractivity contribution in [1.82, 2.24) is 10.0 Å². The second-order valence-electron chi connectivity index (χ2n) is 3.27. The minimum atomic E-state index is -3.12. The van der Waals surface area contributed by atoms with Crippen LogP contribution in [0.5, 0.6) is 0 Å². The highest BCUT2D eigenvalue weighted by Crippen LogP contribution is 1.80. The van der Waals surface area contributed by atoms with Crippen molar-refractivity contribution in [3.05, 3.63) is 0 Å². The molecule has 0 bridgehead atoms. The van der Waals surface area contributed by atoms with Crippen LogP contribution in [-0.2, 0) is 24.3 Å². The second kappa shape index (κ2) is 9.34. The fourth-order valence-electron chi connectivity index (χ4n) is 0.952. The van der Waals surface area contributed by atoms with E-state index in [1.807, 2.05) is 0 Å². The molecular formula is C9H20N2O5S. The lowest BCUT2D eigenvalue weighted by atomic mass is 10.6. The number of sulfonamides is 1. The molecule has 0 amide bonds. The molecule has 0 aliphatic carbocycles. The van der Waals surface area contributed by atoms with E-state index in [9.17, 15) is 13.2 Å². The van der Waals surface area contributed by atoms with Gasteiger partial charge in [-0.15, -0.1) is 0 Å². The molecule has 0 aromatic heterocycles. The predicted molar refractivity (Wildman–Crippen MR) is 63.2 cm³/mol. The van der Waals surface area contributed by atoms with Gasteiger partial charge in [0, 0.05) is 19.6 Å². The smallest absolute Gasteiger partial charge is 0.332 e. The van der Waals surface area contributed by atoms with Crippen molar-refractivity contribution in [1.29, 1.82) is 0 Å². The summed E-state index contributed by atoms with van der Waals surface area (Å²) in [6, 6.07) is 0. The molecule has 102 valence electrons. The first kappa shape index (κ1) is 16.3. The Hall–Kier alpha value is -0.700. The average molecular weight is 268 g/mol. The third-order valence-electron chi connectivity index (χ3n) is 1.61. The quantitative estimate of drug-likeness (QED) is 0.378. The highest BCUT2D eigenvalue weighted by atomic mass is 32.2. The molecule has 0 saturated heterocycles. The number of esters is 1. The first-order valence-corrected chi connectivity index (χ1v) is 7.23. The summed E-state index contributed by atoms with van der Waals surface area (Å²) in [7, 11) is -3.12. The molecule has 0 rings (SSSR count). The van der Waals surface area contributed by atoms with E-state index in [0.29, 0.717) is 32.8 Å². The van der Waals surface area contributed by atoms with Gasteiger partial charge >= 0.3 is 5.97 Å². The topological polar surface area (TPSA) is 93.7 Å². The van der Waals surface area contributed by atoms with Crippen molar-refractivity contribution in [3.63, 3.8) is 0 Å². The minimum Gasteiger partial charge on any atom is -0.464 e. The first-order valence-electron chi connectivity index (χ1n) is 5.34. The number of carbonyl (C=O) groups is 1. The van der Waals surface area contributed by atoms with Crippen LogP contribution in [-0.4, -0.2) is 60.1 Å². The van der Waals surface area contributed by atoms with E-state index in [2.05, 4.69) is 14.8 Å². The zero-order valence-corrected chi connectivity index (χ0v) is 11.0. The lowest BCUT2D eigenvalue weighted by molar-refractivity contribution is -0.148. The standard InChI is InChI=1S/C9H20N2O5S/c1-3-16-9(12)8-15-7-6-10-4-5-11-17(2,13)14/h10-11H,3-8H2,1-2H3. The summed E-state index contributed by atoms with van der Waals surface area (Å²) in [6.45, 7) is 3.78. The molecule has 0 heterocycles. The van der Waals surface area contributed by atoms with Gasteiger partial charge in [-0.05, 0) is 6.92 Å². The van der Waals surface area contributed by atoms with Crippen molar-refractivity contribution in [3.8, 4) is 0 Å². The van der Waals surface area contributed by atoms with E-state index in [1.165, 1.54) is 0 Å². The maximum atomic E-state index is 10.8. The fourth-order valence-corrected chi connectivity index (χ4v) is 1.43. The number of hydrogen-bond acceptors (Lipinski definition) is 6. The molecule has 0 spiro atoms. The highest BCUT2D eigenvalue weighted by molar-refractivity contribution is 7.88. The van der Waals surface area contributed by atoms with E-state index in [0.717, 1.165) is 6.26 Å². The average Bonchev–Trinajstić information content (AvgIpc) is 2.21. The Labute approximate surface area is 102 Å². The Balaban J connectivity index is 3.22. The van der Waals surface area contributed by atoms with Crippen LogP contribution in [0.25, 0.3) is 0 Å². The van der Waals surface area contributed by atoms with Crippen LogP contribution in [0.1, 0.15) is 6.92 Å². The molecule has 2 N–H and O–H groups in total. The molecule has 0 radical (unpaired) electrons. The zero-order valence-electron chi connectivity index (χ0n) is 10.2. The molecule has 0 aliphatic rings. The van der Waals surface area contributed by atoms with Crippen LogP contribution in [0.3, 0.4) is 0 Å². The maximum Gasteiger partial charge on any atom is 0.332 e. The van der Waals surface area contributed by atoms with Crippen molar-refractivity contribution < 1.29 is 22.7 Å². The summed E-state index contributed by atoms with van der Waals surface area (Å²) in [6.07, 6.45) is 1.11. The Kier molecular flexibility index (Phi) is 8.96. The SMILES string of the molecule is CCOC(=O)COCCNCCNS(C)(=O)=O. The molecule has 8 heteroatoms. The lowest BCUT2D eigenvalue weighted by Gasteiger charge is -2.06. The van der Waals surface area contributed by atoms with Crippen molar-refractivity contribution >= 4 is 16.0 Å². The summed E-state index contributed by atoms with van der Waals surface area (Å²) >= 11 is 0. The largest absolute Gasteiger partial charge is 0.464 e. The number of hydrogen-bond donors (Lipinski definition) is 2. The van der Waals surface area contributed by atoms with Gasteiger partial charge in [-0.25, -0.2) is 17.9 Å². The van der Waals surface area contributed by atoms with Crippen LogP contribution in [0, 0.1) is 0 Å². The molecule has 0 aromatic carbocycles. The van der Waals surface area contributed by atoms with Gasteiger partial charge in [0.15, 0.2) is 0 Å². The molecule has 0 saturated carbocycles. The molecule has 0 unspecified atom stereocenters. The van der Waals surface area contributed by atoms with E-state index in [-0.39, 0.29) is 12.6 Å². The Bertz CT molecular complexity index is 305. The highest BCUT2D eigenvalue weighted by Gasteiger charge is 2.00. The molecule has 7 nitrogen and oxygen atoms in total. The van der Waals surface area contributed by atoms with E-state index >= 15 is 0 Å². The van der Waals surface area contributed by atoms with Crippen LogP contribution in [0.4, 0.5) is 0 Å². The summed E-state index contributed by atoms with van der Waals surface area (Å²) < 4.78 is 33.4. The number of ether oxygens (including phenoxy) is 2. The van der Waals surface area contributed by atoms with Crippen LogP contribution in [0.15, 0.2) is 0 Å². The normalized spacial score (nSPS) is 11.4.